The number of nitrogens with one attached hydrogen (secondary N) is 1. The zero-order valence-electron chi connectivity index (χ0n) is 16.4. The summed E-state index contributed by atoms with van der Waals surface area (Å²) in [5, 5.41) is 3.38. The molecule has 1 heterocycles. The van der Waals surface area contributed by atoms with Crippen LogP contribution in [0.15, 0.2) is 53.3 Å². The topological polar surface area (TPSA) is 73.2 Å². The standard InChI is InChI=1S/C22H25N3O3/c1-15(2)28-14-18-10-8-17(9-11-18)12-23-21(26)13-25-16(3)24-20-7-5-4-6-19(20)22(25)27/h4-11,15H,12-14H2,1-3H3,(H,23,26). The van der Waals surface area contributed by atoms with Crippen molar-refractivity contribution in [1.29, 1.82) is 0 Å². The number of hydrogen-bond acceptors (Lipinski definition) is 4. The first-order valence-electron chi connectivity index (χ1n) is 9.36. The Morgan fingerprint density at radius 2 is 1.79 bits per heavy atom. The molecule has 2 aromatic carbocycles. The maximum Gasteiger partial charge on any atom is 0.261 e. The van der Waals surface area contributed by atoms with Crippen molar-refractivity contribution in [1.82, 2.24) is 14.9 Å². The van der Waals surface area contributed by atoms with Crippen molar-refractivity contribution in [3.05, 3.63) is 75.8 Å². The van der Waals surface area contributed by atoms with Crippen molar-refractivity contribution in [2.45, 2.75) is 46.6 Å². The Balaban J connectivity index is 1.62. The van der Waals surface area contributed by atoms with Crippen LogP contribution < -0.4 is 10.9 Å². The van der Waals surface area contributed by atoms with Gasteiger partial charge in [0.1, 0.15) is 12.4 Å². The van der Waals surface area contributed by atoms with E-state index in [1.54, 1.807) is 25.1 Å². The van der Waals surface area contributed by atoms with E-state index >= 15 is 0 Å². The van der Waals surface area contributed by atoms with Crippen molar-refractivity contribution >= 4 is 16.8 Å². The third-order valence-electron chi connectivity index (χ3n) is 4.45. The second kappa shape index (κ2) is 8.80. The summed E-state index contributed by atoms with van der Waals surface area (Å²) in [5.74, 6) is 0.294. The Morgan fingerprint density at radius 1 is 1.11 bits per heavy atom. The first kappa shape index (κ1) is 19.8. The van der Waals surface area contributed by atoms with Gasteiger partial charge in [0.25, 0.3) is 5.56 Å². The molecule has 28 heavy (non-hydrogen) atoms. The van der Waals surface area contributed by atoms with Gasteiger partial charge in [0.2, 0.25) is 5.91 Å². The van der Waals surface area contributed by atoms with Crippen LogP contribution in [0.2, 0.25) is 0 Å². The van der Waals surface area contributed by atoms with E-state index in [-0.39, 0.29) is 24.1 Å². The molecule has 0 fully saturated rings. The van der Waals surface area contributed by atoms with Gasteiger partial charge in [0, 0.05) is 6.54 Å². The Kier molecular flexibility index (Phi) is 6.21. The summed E-state index contributed by atoms with van der Waals surface area (Å²) in [4.78, 5) is 29.4. The molecule has 0 spiro atoms. The Labute approximate surface area is 164 Å². The smallest absolute Gasteiger partial charge is 0.261 e. The minimum Gasteiger partial charge on any atom is -0.374 e. The summed E-state index contributed by atoms with van der Waals surface area (Å²) < 4.78 is 6.98. The van der Waals surface area contributed by atoms with Crippen LogP contribution in [0.25, 0.3) is 10.9 Å². The first-order chi connectivity index (χ1) is 13.4. The molecule has 0 radical (unpaired) electrons. The van der Waals surface area contributed by atoms with Crippen LogP contribution >= 0.6 is 0 Å². The molecule has 0 unspecified atom stereocenters. The largest absolute Gasteiger partial charge is 0.374 e. The lowest BCUT2D eigenvalue weighted by Gasteiger charge is -2.12. The monoisotopic (exact) mass is 379 g/mol. The Bertz CT molecular complexity index is 1020. The molecule has 146 valence electrons. The van der Waals surface area contributed by atoms with Crippen LogP contribution in [-0.2, 0) is 29.2 Å². The number of amides is 1. The lowest BCUT2D eigenvalue weighted by atomic mass is 10.1. The number of carbonyl (C=O) groups is 1. The van der Waals surface area contributed by atoms with Crippen LogP contribution in [0.5, 0.6) is 0 Å². The fraction of sp³-hybridized carbons (Fsp3) is 0.318. The average Bonchev–Trinajstić information content (AvgIpc) is 2.68. The molecule has 0 saturated carbocycles. The van der Waals surface area contributed by atoms with Gasteiger partial charge in [-0.1, -0.05) is 36.4 Å². The van der Waals surface area contributed by atoms with Crippen molar-refractivity contribution in [3.8, 4) is 0 Å². The highest BCUT2D eigenvalue weighted by Gasteiger charge is 2.11. The number of fused-ring (bicyclic) bond motifs is 1. The predicted molar refractivity (Wildman–Crippen MR) is 109 cm³/mol. The normalized spacial score (nSPS) is 11.1. The van der Waals surface area contributed by atoms with E-state index in [2.05, 4.69) is 10.3 Å². The highest BCUT2D eigenvalue weighted by molar-refractivity contribution is 5.79. The van der Waals surface area contributed by atoms with Crippen LogP contribution in [0, 0.1) is 6.92 Å². The van der Waals surface area contributed by atoms with Gasteiger partial charge in [-0.2, -0.15) is 0 Å². The van der Waals surface area contributed by atoms with E-state index in [1.165, 1.54) is 4.57 Å². The van der Waals surface area contributed by atoms with Crippen molar-refractivity contribution < 1.29 is 9.53 Å². The molecule has 3 aromatic rings. The lowest BCUT2D eigenvalue weighted by molar-refractivity contribution is -0.121. The van der Waals surface area contributed by atoms with E-state index in [0.717, 1.165) is 11.1 Å². The van der Waals surface area contributed by atoms with Crippen molar-refractivity contribution in [3.63, 3.8) is 0 Å². The molecular formula is C22H25N3O3. The van der Waals surface area contributed by atoms with Gasteiger partial charge >= 0.3 is 0 Å². The zero-order chi connectivity index (χ0) is 20.1. The minimum absolute atomic E-state index is 0.0528. The van der Waals surface area contributed by atoms with Crippen LogP contribution in [0.1, 0.15) is 30.8 Å². The molecule has 0 bridgehead atoms. The van der Waals surface area contributed by atoms with E-state index < -0.39 is 0 Å². The predicted octanol–water partition coefficient (Wildman–Crippen LogP) is 2.95. The zero-order valence-corrected chi connectivity index (χ0v) is 16.4. The van der Waals surface area contributed by atoms with Gasteiger partial charge in [-0.05, 0) is 44.0 Å². The lowest BCUT2D eigenvalue weighted by Crippen LogP contribution is -2.33. The maximum absolute atomic E-state index is 12.6. The Morgan fingerprint density at radius 3 is 2.50 bits per heavy atom. The van der Waals surface area contributed by atoms with Gasteiger partial charge in [-0.25, -0.2) is 4.98 Å². The molecule has 0 aliphatic rings. The number of para-hydroxylation sites is 1. The molecule has 1 aromatic heterocycles. The summed E-state index contributed by atoms with van der Waals surface area (Å²) in [7, 11) is 0. The number of carbonyl (C=O) groups excluding carboxylic acids is 1. The SMILES string of the molecule is Cc1nc2ccccc2c(=O)n1CC(=O)NCc1ccc(COC(C)C)cc1. The van der Waals surface area contributed by atoms with Gasteiger partial charge in [-0.3, -0.25) is 14.2 Å². The van der Waals surface area contributed by atoms with Crippen molar-refractivity contribution in [2.75, 3.05) is 0 Å². The molecule has 0 saturated heterocycles. The minimum atomic E-state index is -0.227. The summed E-state index contributed by atoms with van der Waals surface area (Å²) in [6.07, 6.45) is 0.190. The van der Waals surface area contributed by atoms with E-state index in [4.69, 9.17) is 4.74 Å². The Hall–Kier alpha value is -2.99. The van der Waals surface area contributed by atoms with Gasteiger partial charge in [-0.15, -0.1) is 0 Å². The first-order valence-corrected chi connectivity index (χ1v) is 9.36. The van der Waals surface area contributed by atoms with Crippen LogP contribution in [-0.4, -0.2) is 21.6 Å². The van der Waals surface area contributed by atoms with Gasteiger partial charge in [0.05, 0.1) is 23.6 Å². The molecule has 6 nitrogen and oxygen atoms in total. The summed E-state index contributed by atoms with van der Waals surface area (Å²) in [6, 6.07) is 15.1. The third-order valence-corrected chi connectivity index (χ3v) is 4.45. The molecule has 6 heteroatoms. The maximum atomic E-state index is 12.6. The fourth-order valence-corrected chi connectivity index (χ4v) is 2.88. The molecule has 0 aliphatic heterocycles. The van der Waals surface area contributed by atoms with E-state index in [9.17, 15) is 9.59 Å². The van der Waals surface area contributed by atoms with E-state index in [0.29, 0.717) is 29.9 Å². The molecular weight excluding hydrogens is 354 g/mol. The fourth-order valence-electron chi connectivity index (χ4n) is 2.88. The average molecular weight is 379 g/mol. The van der Waals surface area contributed by atoms with Gasteiger partial charge in [0.15, 0.2) is 0 Å². The molecule has 1 N–H and O–H groups in total. The molecule has 0 aliphatic carbocycles. The quantitative estimate of drug-likeness (QED) is 0.685. The molecule has 1 amide bonds. The van der Waals surface area contributed by atoms with Crippen LogP contribution in [0.4, 0.5) is 0 Å². The molecule has 3 rings (SSSR count). The number of hydrogen-bond donors (Lipinski definition) is 1. The summed E-state index contributed by atoms with van der Waals surface area (Å²) >= 11 is 0. The van der Waals surface area contributed by atoms with Gasteiger partial charge < -0.3 is 10.1 Å². The number of rotatable bonds is 7. The van der Waals surface area contributed by atoms with Crippen molar-refractivity contribution in [2.24, 2.45) is 0 Å². The highest BCUT2D eigenvalue weighted by atomic mass is 16.5. The highest BCUT2D eigenvalue weighted by Crippen LogP contribution is 2.08. The number of aromatic nitrogens is 2. The second-order valence-corrected chi connectivity index (χ2v) is 7.02. The third kappa shape index (κ3) is 4.84. The summed E-state index contributed by atoms with van der Waals surface area (Å²) in [5.41, 5.74) is 2.52. The molecule has 0 atom stereocenters. The second-order valence-electron chi connectivity index (χ2n) is 7.02. The number of ether oxygens (including phenoxy) is 1. The number of aryl methyl sites for hydroxylation is 1. The summed E-state index contributed by atoms with van der Waals surface area (Å²) in [6.45, 7) is 6.66. The van der Waals surface area contributed by atoms with E-state index in [1.807, 2.05) is 44.2 Å². The van der Waals surface area contributed by atoms with Crippen LogP contribution in [0.3, 0.4) is 0 Å². The number of nitrogens with zero attached hydrogens (tertiary/aromatic N) is 2. The number of benzene rings is 2.